The van der Waals surface area contributed by atoms with Crippen LogP contribution in [0, 0.1) is 0 Å². The Bertz CT molecular complexity index is 479. The Kier molecular flexibility index (Phi) is 2.54. The van der Waals surface area contributed by atoms with Crippen molar-refractivity contribution >= 4 is 17.0 Å². The van der Waals surface area contributed by atoms with Crippen LogP contribution in [0.1, 0.15) is 10.4 Å². The van der Waals surface area contributed by atoms with Crippen LogP contribution < -0.4 is 10.1 Å². The Morgan fingerprint density at radius 3 is 3.19 bits per heavy atom. The molecule has 0 unspecified atom stereocenters. The molecule has 0 aliphatic carbocycles. The van der Waals surface area contributed by atoms with E-state index in [-0.39, 0.29) is 0 Å². The number of rotatable bonds is 3. The second kappa shape index (κ2) is 4.18. The van der Waals surface area contributed by atoms with Gasteiger partial charge in [0.15, 0.2) is 0 Å². The summed E-state index contributed by atoms with van der Waals surface area (Å²) in [4.78, 5) is 1.36. The highest BCUT2D eigenvalue weighted by molar-refractivity contribution is 7.09. The fourth-order valence-electron chi connectivity index (χ4n) is 1.90. The summed E-state index contributed by atoms with van der Waals surface area (Å²) < 4.78 is 5.48. The molecule has 0 saturated carbocycles. The SMILES string of the molecule is c1csc(CNc2ccc3c(c2)CCO3)c1. The summed E-state index contributed by atoms with van der Waals surface area (Å²) in [5.74, 6) is 1.04. The Hall–Kier alpha value is -1.48. The van der Waals surface area contributed by atoms with Crippen LogP contribution in [0.15, 0.2) is 35.7 Å². The largest absolute Gasteiger partial charge is 0.493 e. The van der Waals surface area contributed by atoms with Gasteiger partial charge in [-0.3, -0.25) is 0 Å². The minimum Gasteiger partial charge on any atom is -0.493 e. The van der Waals surface area contributed by atoms with E-state index in [1.165, 1.54) is 16.1 Å². The zero-order valence-electron chi connectivity index (χ0n) is 8.90. The second-order valence-electron chi connectivity index (χ2n) is 3.85. The summed E-state index contributed by atoms with van der Waals surface area (Å²) in [6.45, 7) is 1.72. The highest BCUT2D eigenvalue weighted by atomic mass is 32.1. The zero-order valence-corrected chi connectivity index (χ0v) is 9.72. The molecule has 0 saturated heterocycles. The van der Waals surface area contributed by atoms with Crippen LogP contribution in [-0.4, -0.2) is 6.61 Å². The summed E-state index contributed by atoms with van der Waals surface area (Å²) in [5, 5.41) is 5.54. The molecule has 3 rings (SSSR count). The molecule has 82 valence electrons. The van der Waals surface area contributed by atoms with Crippen LogP contribution in [0.25, 0.3) is 0 Å². The van der Waals surface area contributed by atoms with Crippen molar-refractivity contribution in [3.05, 3.63) is 46.2 Å². The van der Waals surface area contributed by atoms with Crippen molar-refractivity contribution in [1.29, 1.82) is 0 Å². The molecule has 0 radical (unpaired) electrons. The number of thiophene rings is 1. The average molecular weight is 231 g/mol. The van der Waals surface area contributed by atoms with E-state index in [4.69, 9.17) is 4.74 Å². The van der Waals surface area contributed by atoms with E-state index in [9.17, 15) is 0 Å². The number of anilines is 1. The first-order valence-corrected chi connectivity index (χ1v) is 6.32. The van der Waals surface area contributed by atoms with Crippen molar-refractivity contribution in [2.24, 2.45) is 0 Å². The van der Waals surface area contributed by atoms with Gasteiger partial charge in [0.2, 0.25) is 0 Å². The van der Waals surface area contributed by atoms with Crippen molar-refractivity contribution in [1.82, 2.24) is 0 Å². The lowest BCUT2D eigenvalue weighted by molar-refractivity contribution is 0.357. The predicted octanol–water partition coefficient (Wildman–Crippen LogP) is 3.30. The van der Waals surface area contributed by atoms with E-state index in [0.29, 0.717) is 0 Å². The van der Waals surface area contributed by atoms with Gasteiger partial charge in [-0.25, -0.2) is 0 Å². The molecule has 3 heteroatoms. The summed E-state index contributed by atoms with van der Waals surface area (Å²) in [7, 11) is 0. The molecule has 1 aliphatic rings. The molecule has 1 aromatic carbocycles. The number of hydrogen-bond acceptors (Lipinski definition) is 3. The van der Waals surface area contributed by atoms with Gasteiger partial charge in [-0.2, -0.15) is 0 Å². The van der Waals surface area contributed by atoms with Crippen LogP contribution in [0.4, 0.5) is 5.69 Å². The third kappa shape index (κ3) is 1.91. The Morgan fingerprint density at radius 1 is 1.31 bits per heavy atom. The monoisotopic (exact) mass is 231 g/mol. The number of hydrogen-bond donors (Lipinski definition) is 1. The molecule has 0 fully saturated rings. The molecule has 1 N–H and O–H groups in total. The highest BCUT2D eigenvalue weighted by Gasteiger charge is 2.11. The lowest BCUT2D eigenvalue weighted by Crippen LogP contribution is -1.97. The van der Waals surface area contributed by atoms with Gasteiger partial charge in [-0.05, 0) is 35.2 Å². The van der Waals surface area contributed by atoms with E-state index in [0.717, 1.165) is 25.3 Å². The molecule has 2 aromatic rings. The standard InChI is InChI=1S/C13H13NOS/c1-2-12(16-7-1)9-14-11-3-4-13-10(8-11)5-6-15-13/h1-4,7-8,14H,5-6,9H2. The Morgan fingerprint density at radius 2 is 2.31 bits per heavy atom. The molecule has 0 amide bonds. The molecule has 16 heavy (non-hydrogen) atoms. The predicted molar refractivity (Wildman–Crippen MR) is 67.3 cm³/mol. The van der Waals surface area contributed by atoms with Gasteiger partial charge in [0.05, 0.1) is 6.61 Å². The maximum Gasteiger partial charge on any atom is 0.122 e. The maximum absolute atomic E-state index is 5.48. The number of benzene rings is 1. The van der Waals surface area contributed by atoms with Gasteiger partial charge in [-0.1, -0.05) is 6.07 Å². The molecule has 1 aromatic heterocycles. The third-order valence-electron chi connectivity index (χ3n) is 2.74. The van der Waals surface area contributed by atoms with Gasteiger partial charge >= 0.3 is 0 Å². The van der Waals surface area contributed by atoms with Crippen molar-refractivity contribution < 1.29 is 4.74 Å². The van der Waals surface area contributed by atoms with Gasteiger partial charge in [0.25, 0.3) is 0 Å². The number of ether oxygens (including phenoxy) is 1. The first-order valence-electron chi connectivity index (χ1n) is 5.44. The summed E-state index contributed by atoms with van der Waals surface area (Å²) in [6, 6.07) is 10.6. The van der Waals surface area contributed by atoms with Crippen LogP contribution in [0.5, 0.6) is 5.75 Å². The minimum absolute atomic E-state index is 0.823. The maximum atomic E-state index is 5.48. The average Bonchev–Trinajstić information content (AvgIpc) is 2.97. The zero-order chi connectivity index (χ0) is 10.8. The molecular weight excluding hydrogens is 218 g/mol. The van der Waals surface area contributed by atoms with Gasteiger partial charge in [0.1, 0.15) is 5.75 Å². The van der Waals surface area contributed by atoms with E-state index >= 15 is 0 Å². The van der Waals surface area contributed by atoms with Crippen LogP contribution >= 0.6 is 11.3 Å². The second-order valence-corrected chi connectivity index (χ2v) is 4.89. The van der Waals surface area contributed by atoms with Gasteiger partial charge < -0.3 is 10.1 Å². The van der Waals surface area contributed by atoms with E-state index < -0.39 is 0 Å². The molecule has 0 bridgehead atoms. The van der Waals surface area contributed by atoms with Gasteiger partial charge in [-0.15, -0.1) is 11.3 Å². The molecule has 2 nitrogen and oxygen atoms in total. The highest BCUT2D eigenvalue weighted by Crippen LogP contribution is 2.28. The summed E-state index contributed by atoms with van der Waals surface area (Å²) >= 11 is 1.78. The molecule has 1 aliphatic heterocycles. The fraction of sp³-hybridized carbons (Fsp3) is 0.231. The van der Waals surface area contributed by atoms with E-state index in [1.54, 1.807) is 11.3 Å². The smallest absolute Gasteiger partial charge is 0.122 e. The third-order valence-corrected chi connectivity index (χ3v) is 3.61. The lowest BCUT2D eigenvalue weighted by atomic mass is 10.1. The van der Waals surface area contributed by atoms with Gasteiger partial charge in [0, 0.05) is 23.5 Å². The normalized spacial score (nSPS) is 13.2. The summed E-state index contributed by atoms with van der Waals surface area (Å²) in [5.41, 5.74) is 2.49. The molecule has 2 heterocycles. The Balaban J connectivity index is 1.71. The number of nitrogens with one attached hydrogen (secondary N) is 1. The topological polar surface area (TPSA) is 21.3 Å². The summed E-state index contributed by atoms with van der Waals surface area (Å²) in [6.07, 6.45) is 1.03. The van der Waals surface area contributed by atoms with Crippen molar-refractivity contribution in [2.75, 3.05) is 11.9 Å². The van der Waals surface area contributed by atoms with Crippen LogP contribution in [-0.2, 0) is 13.0 Å². The molecule has 0 spiro atoms. The van der Waals surface area contributed by atoms with Crippen LogP contribution in [0.3, 0.4) is 0 Å². The van der Waals surface area contributed by atoms with E-state index in [1.807, 2.05) is 0 Å². The van der Waals surface area contributed by atoms with Crippen molar-refractivity contribution in [3.8, 4) is 5.75 Å². The number of fused-ring (bicyclic) bond motifs is 1. The quantitative estimate of drug-likeness (QED) is 0.875. The van der Waals surface area contributed by atoms with E-state index in [2.05, 4.69) is 41.0 Å². The Labute approximate surface area is 98.9 Å². The first kappa shape index (κ1) is 9.73. The molecule has 0 atom stereocenters. The molecular formula is C13H13NOS. The first-order chi connectivity index (χ1) is 7.92. The van der Waals surface area contributed by atoms with Crippen LogP contribution in [0.2, 0.25) is 0 Å². The lowest BCUT2D eigenvalue weighted by Gasteiger charge is -2.06. The van der Waals surface area contributed by atoms with Crippen molar-refractivity contribution in [3.63, 3.8) is 0 Å². The minimum atomic E-state index is 0.823. The fourth-order valence-corrected chi connectivity index (χ4v) is 2.54. The van der Waals surface area contributed by atoms with Crippen molar-refractivity contribution in [2.45, 2.75) is 13.0 Å².